The number of hydrogen-bond donors (Lipinski definition) is 1. The summed E-state index contributed by atoms with van der Waals surface area (Å²) in [5.41, 5.74) is 3.38. The number of hydrogen-bond acceptors (Lipinski definition) is 4. The second-order valence-corrected chi connectivity index (χ2v) is 10.2. The van der Waals surface area contributed by atoms with Crippen molar-refractivity contribution in [2.24, 2.45) is 0 Å². The van der Waals surface area contributed by atoms with Crippen molar-refractivity contribution in [3.63, 3.8) is 0 Å². The van der Waals surface area contributed by atoms with Crippen LogP contribution in [0.1, 0.15) is 89.1 Å². The van der Waals surface area contributed by atoms with E-state index in [9.17, 15) is 14.7 Å². The molecular weight excluding hydrogens is 438 g/mol. The first-order valence-electron chi connectivity index (χ1n) is 12.8. The number of ketones is 1. The van der Waals surface area contributed by atoms with Gasteiger partial charge in [0.1, 0.15) is 11.5 Å². The Morgan fingerprint density at radius 3 is 2.26 bits per heavy atom. The van der Waals surface area contributed by atoms with Crippen LogP contribution < -0.4 is 4.74 Å². The normalized spacial score (nSPS) is 17.8. The Labute approximate surface area is 209 Å². The lowest BCUT2D eigenvalue weighted by Gasteiger charge is -2.26. The lowest BCUT2D eigenvalue weighted by molar-refractivity contribution is -0.139. The molecule has 35 heavy (non-hydrogen) atoms. The lowest BCUT2D eigenvalue weighted by Crippen LogP contribution is -2.30. The number of aliphatic hydroxyl groups excluding tert-OH is 1. The molecule has 1 atom stereocenters. The van der Waals surface area contributed by atoms with Crippen molar-refractivity contribution in [2.45, 2.75) is 78.7 Å². The van der Waals surface area contributed by atoms with Gasteiger partial charge in [-0.15, -0.1) is 0 Å². The third-order valence-electron chi connectivity index (χ3n) is 6.61. The van der Waals surface area contributed by atoms with E-state index in [1.54, 1.807) is 11.0 Å². The molecule has 0 bridgehead atoms. The number of carbonyl (C=O) groups is 2. The van der Waals surface area contributed by atoms with E-state index in [0.717, 1.165) is 42.6 Å². The van der Waals surface area contributed by atoms with Crippen LogP contribution in [0.2, 0.25) is 0 Å². The summed E-state index contributed by atoms with van der Waals surface area (Å²) in [5.74, 6) is -0.563. The van der Waals surface area contributed by atoms with Gasteiger partial charge in [-0.25, -0.2) is 0 Å². The molecule has 5 heteroatoms. The van der Waals surface area contributed by atoms with Crippen molar-refractivity contribution in [3.05, 3.63) is 70.3 Å². The molecular formula is C30H39NO4. The predicted molar refractivity (Wildman–Crippen MR) is 141 cm³/mol. The monoisotopic (exact) mass is 477 g/mol. The molecule has 5 nitrogen and oxygen atoms in total. The fraction of sp³-hybridized carbons (Fsp3) is 0.467. The average molecular weight is 478 g/mol. The van der Waals surface area contributed by atoms with Gasteiger partial charge in [-0.2, -0.15) is 0 Å². The van der Waals surface area contributed by atoms with Crippen LogP contribution in [0.4, 0.5) is 0 Å². The number of Topliss-reactive ketones (excluding diaryl/α,β-unsaturated/α-hetero) is 1. The van der Waals surface area contributed by atoms with Crippen LogP contribution in [-0.4, -0.2) is 34.8 Å². The third kappa shape index (κ3) is 5.61. The second-order valence-electron chi connectivity index (χ2n) is 10.2. The van der Waals surface area contributed by atoms with E-state index in [0.29, 0.717) is 18.7 Å². The van der Waals surface area contributed by atoms with Gasteiger partial charge in [-0.05, 0) is 54.5 Å². The van der Waals surface area contributed by atoms with Crippen molar-refractivity contribution < 1.29 is 19.4 Å². The molecule has 1 amide bonds. The topological polar surface area (TPSA) is 66.8 Å². The number of aryl methyl sites for hydroxylation is 1. The second kappa shape index (κ2) is 11.1. The Morgan fingerprint density at radius 1 is 1.00 bits per heavy atom. The standard InChI is InChI=1S/C30H39NO4/c1-7-10-11-18-31-26(21-14-12-20(8-2)13-15-21)25(28(33)29(31)34)27(32)22-16-17-24(35-9-3)23(19-22)30(4,5)6/h12-17,19,26,32H,7-11,18H2,1-6H3/b27-25-. The van der Waals surface area contributed by atoms with E-state index in [4.69, 9.17) is 4.74 Å². The molecule has 0 saturated carbocycles. The zero-order valence-electron chi connectivity index (χ0n) is 22.0. The minimum absolute atomic E-state index is 0.139. The highest BCUT2D eigenvalue weighted by Crippen LogP contribution is 2.41. The van der Waals surface area contributed by atoms with Gasteiger partial charge in [-0.3, -0.25) is 9.59 Å². The Balaban J connectivity index is 2.16. The number of ether oxygens (including phenoxy) is 1. The summed E-state index contributed by atoms with van der Waals surface area (Å²) in [5, 5.41) is 11.5. The van der Waals surface area contributed by atoms with Gasteiger partial charge in [0.2, 0.25) is 0 Å². The van der Waals surface area contributed by atoms with Crippen LogP contribution in [0.25, 0.3) is 5.76 Å². The highest BCUT2D eigenvalue weighted by atomic mass is 16.5. The number of carbonyl (C=O) groups excluding carboxylic acids is 2. The third-order valence-corrected chi connectivity index (χ3v) is 6.61. The van der Waals surface area contributed by atoms with E-state index < -0.39 is 17.7 Å². The first kappa shape index (κ1) is 26.5. The molecule has 1 heterocycles. The van der Waals surface area contributed by atoms with Gasteiger partial charge in [0, 0.05) is 17.7 Å². The van der Waals surface area contributed by atoms with Gasteiger partial charge < -0.3 is 14.7 Å². The Morgan fingerprint density at radius 2 is 1.69 bits per heavy atom. The maximum absolute atomic E-state index is 13.3. The number of benzene rings is 2. The molecule has 1 fully saturated rings. The van der Waals surface area contributed by atoms with Crippen molar-refractivity contribution in [3.8, 4) is 5.75 Å². The lowest BCUT2D eigenvalue weighted by atomic mass is 9.84. The van der Waals surface area contributed by atoms with Gasteiger partial charge in [0.15, 0.2) is 0 Å². The minimum Gasteiger partial charge on any atom is -0.507 e. The number of nitrogens with zero attached hydrogens (tertiary/aromatic N) is 1. The quantitative estimate of drug-likeness (QED) is 0.192. The number of aliphatic hydroxyl groups is 1. The molecule has 0 aromatic heterocycles. The predicted octanol–water partition coefficient (Wildman–Crippen LogP) is 6.56. The van der Waals surface area contributed by atoms with E-state index >= 15 is 0 Å². The summed E-state index contributed by atoms with van der Waals surface area (Å²) >= 11 is 0. The van der Waals surface area contributed by atoms with E-state index in [1.165, 1.54) is 5.56 Å². The number of unbranched alkanes of at least 4 members (excludes halogenated alkanes) is 2. The van der Waals surface area contributed by atoms with Crippen LogP contribution in [0.15, 0.2) is 48.0 Å². The maximum atomic E-state index is 13.3. The largest absolute Gasteiger partial charge is 0.507 e. The Kier molecular flexibility index (Phi) is 8.42. The summed E-state index contributed by atoms with van der Waals surface area (Å²) in [4.78, 5) is 28.0. The van der Waals surface area contributed by atoms with Gasteiger partial charge in [0.05, 0.1) is 18.2 Å². The Hall–Kier alpha value is -3.08. The summed E-state index contributed by atoms with van der Waals surface area (Å²) < 4.78 is 5.82. The van der Waals surface area contributed by atoms with E-state index in [2.05, 4.69) is 34.6 Å². The van der Waals surface area contributed by atoms with Crippen LogP contribution in [0.5, 0.6) is 5.75 Å². The molecule has 2 aromatic carbocycles. The van der Waals surface area contributed by atoms with E-state index in [1.807, 2.05) is 43.3 Å². The summed E-state index contributed by atoms with van der Waals surface area (Å²) in [6.07, 6.45) is 3.70. The van der Waals surface area contributed by atoms with Gasteiger partial charge >= 0.3 is 0 Å². The number of likely N-dealkylation sites (tertiary alicyclic amines) is 1. The van der Waals surface area contributed by atoms with Crippen molar-refractivity contribution in [2.75, 3.05) is 13.2 Å². The van der Waals surface area contributed by atoms with Crippen LogP contribution in [0, 0.1) is 0 Å². The minimum atomic E-state index is -0.630. The summed E-state index contributed by atoms with van der Waals surface area (Å²) in [6, 6.07) is 12.8. The van der Waals surface area contributed by atoms with Crippen molar-refractivity contribution in [1.82, 2.24) is 4.90 Å². The zero-order valence-corrected chi connectivity index (χ0v) is 22.0. The smallest absolute Gasteiger partial charge is 0.295 e. The Bertz CT molecular complexity index is 1090. The first-order chi connectivity index (χ1) is 16.6. The summed E-state index contributed by atoms with van der Waals surface area (Å²) in [6.45, 7) is 13.4. The highest BCUT2D eigenvalue weighted by Gasteiger charge is 2.45. The van der Waals surface area contributed by atoms with Crippen molar-refractivity contribution in [1.29, 1.82) is 0 Å². The number of rotatable bonds is 9. The zero-order chi connectivity index (χ0) is 25.8. The highest BCUT2D eigenvalue weighted by molar-refractivity contribution is 6.46. The van der Waals surface area contributed by atoms with E-state index in [-0.39, 0.29) is 16.7 Å². The fourth-order valence-electron chi connectivity index (χ4n) is 4.63. The molecule has 0 spiro atoms. The molecule has 3 rings (SSSR count). The molecule has 1 unspecified atom stereocenters. The molecule has 1 aliphatic heterocycles. The fourth-order valence-corrected chi connectivity index (χ4v) is 4.63. The average Bonchev–Trinajstić information content (AvgIpc) is 3.08. The molecule has 0 aliphatic carbocycles. The first-order valence-corrected chi connectivity index (χ1v) is 12.8. The molecule has 1 aliphatic rings. The van der Waals surface area contributed by atoms with Gasteiger partial charge in [-0.1, -0.05) is 71.7 Å². The van der Waals surface area contributed by atoms with Crippen LogP contribution in [-0.2, 0) is 21.4 Å². The van der Waals surface area contributed by atoms with Gasteiger partial charge in [0.25, 0.3) is 11.7 Å². The molecule has 0 radical (unpaired) electrons. The van der Waals surface area contributed by atoms with Crippen LogP contribution in [0.3, 0.4) is 0 Å². The molecule has 188 valence electrons. The van der Waals surface area contributed by atoms with Crippen molar-refractivity contribution >= 4 is 17.4 Å². The SMILES string of the molecule is CCCCCN1C(=O)C(=O)/C(=C(\O)c2ccc(OCC)c(C(C)(C)C)c2)C1c1ccc(CC)cc1. The van der Waals surface area contributed by atoms with Crippen LogP contribution >= 0.6 is 0 Å². The maximum Gasteiger partial charge on any atom is 0.295 e. The number of amides is 1. The molecule has 1 N–H and O–H groups in total. The molecule has 2 aromatic rings. The summed E-state index contributed by atoms with van der Waals surface area (Å²) in [7, 11) is 0. The molecule has 1 saturated heterocycles.